The number of benzene rings is 1. The first-order valence-corrected chi connectivity index (χ1v) is 12.6. The van der Waals surface area contributed by atoms with Gasteiger partial charge in [-0.15, -0.1) is 0 Å². The van der Waals surface area contributed by atoms with Crippen molar-refractivity contribution in [3.63, 3.8) is 0 Å². The third-order valence-corrected chi connectivity index (χ3v) is 6.81. The van der Waals surface area contributed by atoms with Crippen molar-refractivity contribution in [3.8, 4) is 0 Å². The molecule has 1 aliphatic heterocycles. The first-order valence-electron chi connectivity index (χ1n) is 12.6. The van der Waals surface area contributed by atoms with E-state index >= 15 is 0 Å². The highest BCUT2D eigenvalue weighted by molar-refractivity contribution is 5.97. The van der Waals surface area contributed by atoms with E-state index < -0.39 is 0 Å². The smallest absolute Gasteiger partial charge is 0.0447 e. The molecule has 0 saturated carbocycles. The van der Waals surface area contributed by atoms with E-state index in [9.17, 15) is 0 Å². The summed E-state index contributed by atoms with van der Waals surface area (Å²) < 4.78 is 0. The summed E-state index contributed by atoms with van der Waals surface area (Å²) in [5, 5.41) is 0. The van der Waals surface area contributed by atoms with Crippen molar-refractivity contribution in [1.82, 2.24) is 4.90 Å². The molecule has 3 rings (SSSR count). The summed E-state index contributed by atoms with van der Waals surface area (Å²) in [7, 11) is 0. The van der Waals surface area contributed by atoms with Gasteiger partial charge in [0.1, 0.15) is 0 Å². The van der Waals surface area contributed by atoms with Crippen LogP contribution in [0, 0.1) is 13.8 Å². The van der Waals surface area contributed by atoms with Crippen molar-refractivity contribution in [3.05, 3.63) is 77.5 Å². The van der Waals surface area contributed by atoms with Gasteiger partial charge in [0.15, 0.2) is 0 Å². The average Bonchev–Trinajstić information content (AvgIpc) is 2.80. The number of fused-ring (bicyclic) bond motifs is 1. The second-order valence-corrected chi connectivity index (χ2v) is 9.41. The Labute approximate surface area is 196 Å². The third kappa shape index (κ3) is 7.08. The Bertz CT molecular complexity index is 878. The summed E-state index contributed by atoms with van der Waals surface area (Å²) in [6.45, 7) is 16.4. The van der Waals surface area contributed by atoms with E-state index in [-0.39, 0.29) is 0 Å². The molecule has 0 bridgehead atoms. The molecular formula is C30H42N2. The van der Waals surface area contributed by atoms with E-state index in [4.69, 9.17) is 4.99 Å². The molecule has 0 spiro atoms. The Morgan fingerprint density at radius 3 is 2.47 bits per heavy atom. The highest BCUT2D eigenvalue weighted by Crippen LogP contribution is 2.29. The lowest BCUT2D eigenvalue weighted by Gasteiger charge is -2.30. The number of rotatable bonds is 4. The van der Waals surface area contributed by atoms with Gasteiger partial charge in [-0.25, -0.2) is 0 Å². The zero-order valence-corrected chi connectivity index (χ0v) is 20.5. The molecule has 0 radical (unpaired) electrons. The molecule has 1 fully saturated rings. The molecule has 2 aliphatic rings. The molecule has 32 heavy (non-hydrogen) atoms. The van der Waals surface area contributed by atoms with Crippen LogP contribution in [0.5, 0.6) is 0 Å². The lowest BCUT2D eigenvalue weighted by atomic mass is 9.87. The molecule has 0 unspecified atom stereocenters. The molecule has 0 N–H and O–H groups in total. The first-order chi connectivity index (χ1) is 15.6. The minimum atomic E-state index is 0.816. The summed E-state index contributed by atoms with van der Waals surface area (Å²) in [5.74, 6) is 0. The lowest BCUT2D eigenvalue weighted by Crippen LogP contribution is -2.28. The van der Waals surface area contributed by atoms with E-state index in [0.717, 1.165) is 64.6 Å². The molecule has 0 aromatic heterocycles. The number of hydrogen-bond acceptors (Lipinski definition) is 2. The molecule has 2 nitrogen and oxygen atoms in total. The fourth-order valence-electron chi connectivity index (χ4n) is 4.84. The fraction of sp³-hybridized carbons (Fsp3) is 0.500. The minimum Gasteiger partial charge on any atom is -0.375 e. The van der Waals surface area contributed by atoms with Crippen LogP contribution in [-0.2, 0) is 6.42 Å². The molecule has 1 aromatic carbocycles. The Hall–Kier alpha value is -2.35. The van der Waals surface area contributed by atoms with Crippen LogP contribution in [0.25, 0.3) is 5.57 Å². The summed E-state index contributed by atoms with van der Waals surface area (Å²) in [5.41, 5.74) is 9.15. The molecule has 0 atom stereocenters. The number of aryl methyl sites for hydroxylation is 2. The van der Waals surface area contributed by atoms with Gasteiger partial charge in [-0.3, -0.25) is 4.99 Å². The van der Waals surface area contributed by atoms with Crippen molar-refractivity contribution in [2.24, 2.45) is 4.99 Å². The Kier molecular flexibility index (Phi) is 9.59. The molecule has 1 heterocycles. The van der Waals surface area contributed by atoms with Crippen molar-refractivity contribution in [1.29, 1.82) is 0 Å². The van der Waals surface area contributed by atoms with E-state index in [1.165, 1.54) is 58.5 Å². The van der Waals surface area contributed by atoms with Crippen LogP contribution in [0.2, 0.25) is 0 Å². The van der Waals surface area contributed by atoms with Crippen LogP contribution >= 0.6 is 0 Å². The van der Waals surface area contributed by atoms with E-state index in [1.807, 2.05) is 0 Å². The van der Waals surface area contributed by atoms with Gasteiger partial charge in [0, 0.05) is 43.9 Å². The largest absolute Gasteiger partial charge is 0.375 e. The van der Waals surface area contributed by atoms with Crippen molar-refractivity contribution in [2.75, 3.05) is 19.6 Å². The Morgan fingerprint density at radius 1 is 0.938 bits per heavy atom. The molecule has 1 aromatic rings. The van der Waals surface area contributed by atoms with Gasteiger partial charge in [0.25, 0.3) is 0 Å². The molecule has 2 heteroatoms. The summed E-state index contributed by atoms with van der Waals surface area (Å²) in [4.78, 5) is 7.54. The minimum absolute atomic E-state index is 0.816. The van der Waals surface area contributed by atoms with Gasteiger partial charge >= 0.3 is 0 Å². The molecular weight excluding hydrogens is 388 g/mol. The number of hydrogen-bond donors (Lipinski definition) is 0. The fourth-order valence-corrected chi connectivity index (χ4v) is 4.84. The van der Waals surface area contributed by atoms with Gasteiger partial charge in [0.05, 0.1) is 0 Å². The molecule has 172 valence electrons. The van der Waals surface area contributed by atoms with Crippen LogP contribution in [-0.4, -0.2) is 30.2 Å². The maximum atomic E-state index is 5.08. The van der Waals surface area contributed by atoms with E-state index in [1.54, 1.807) is 0 Å². The first kappa shape index (κ1) is 24.3. The van der Waals surface area contributed by atoms with Crippen molar-refractivity contribution in [2.45, 2.75) is 78.1 Å². The number of likely N-dealkylation sites (tertiary alicyclic amines) is 1. The van der Waals surface area contributed by atoms with Gasteiger partial charge in [0.2, 0.25) is 0 Å². The Balaban J connectivity index is 1.81. The van der Waals surface area contributed by atoms with Gasteiger partial charge in [-0.1, -0.05) is 43.5 Å². The predicted molar refractivity (Wildman–Crippen MR) is 142 cm³/mol. The van der Waals surface area contributed by atoms with Crippen LogP contribution in [0.4, 0.5) is 0 Å². The lowest BCUT2D eigenvalue weighted by molar-refractivity contribution is 0.279. The number of allylic oxidation sites excluding steroid dienone is 5. The summed E-state index contributed by atoms with van der Waals surface area (Å²) in [6, 6.07) is 4.50. The highest BCUT2D eigenvalue weighted by atomic mass is 15.1. The van der Waals surface area contributed by atoms with Gasteiger partial charge in [-0.05, 0) is 99.1 Å². The molecule has 0 amide bonds. The van der Waals surface area contributed by atoms with Gasteiger partial charge < -0.3 is 4.90 Å². The quantitative estimate of drug-likeness (QED) is 0.445. The van der Waals surface area contributed by atoms with E-state index in [2.05, 4.69) is 68.3 Å². The van der Waals surface area contributed by atoms with Crippen LogP contribution in [0.15, 0.2) is 60.3 Å². The second-order valence-electron chi connectivity index (χ2n) is 9.41. The normalized spacial score (nSPS) is 21.6. The maximum absolute atomic E-state index is 5.08. The van der Waals surface area contributed by atoms with Crippen LogP contribution in [0.1, 0.15) is 80.0 Å². The average molecular weight is 431 g/mol. The van der Waals surface area contributed by atoms with E-state index in [0.29, 0.717) is 0 Å². The molecule has 1 saturated heterocycles. The third-order valence-electron chi connectivity index (χ3n) is 6.81. The molecule has 1 aliphatic carbocycles. The number of piperidine rings is 1. The summed E-state index contributed by atoms with van der Waals surface area (Å²) >= 11 is 0. The monoisotopic (exact) mass is 430 g/mol. The Morgan fingerprint density at radius 2 is 1.66 bits per heavy atom. The maximum Gasteiger partial charge on any atom is 0.0447 e. The van der Waals surface area contributed by atoms with Crippen molar-refractivity contribution >= 4 is 11.3 Å². The SMILES string of the molecule is C=C1CCC/C=C\CC/C=C/C(=N/CCC(=C)N2CCCCC2)Cc2c(C)ccc(C)c21. The summed E-state index contributed by atoms with van der Waals surface area (Å²) in [6.07, 6.45) is 20.5. The van der Waals surface area contributed by atoms with Gasteiger partial charge in [-0.2, -0.15) is 0 Å². The highest BCUT2D eigenvalue weighted by Gasteiger charge is 2.15. The zero-order valence-electron chi connectivity index (χ0n) is 20.5. The second kappa shape index (κ2) is 12.6. The topological polar surface area (TPSA) is 15.6 Å². The van der Waals surface area contributed by atoms with Crippen molar-refractivity contribution < 1.29 is 0 Å². The zero-order chi connectivity index (χ0) is 22.8. The van der Waals surface area contributed by atoms with Crippen LogP contribution < -0.4 is 0 Å². The standard InChI is InChI=1S/C30H42N2/c1-24-17-18-26(3)30-25(2)15-11-8-6-5-7-9-12-16-28(23-29(24)30)31-20-19-27(4)32-21-13-10-14-22-32/h5-6,12,16-18H,2,4,7-11,13-15,19-23H2,1,3H3/b6-5-,16-12+,31-28-. The predicted octanol–water partition coefficient (Wildman–Crippen LogP) is 7.77. The number of nitrogens with zero attached hydrogens (tertiary/aromatic N) is 2. The van der Waals surface area contributed by atoms with Crippen LogP contribution in [0.3, 0.4) is 0 Å². The number of aliphatic imine (C=N–C) groups is 1.